The normalized spacial score (nSPS) is 10.7. The van der Waals surface area contributed by atoms with E-state index in [1.807, 2.05) is 6.07 Å². The number of H-pyrrole nitrogens is 1. The minimum absolute atomic E-state index is 0.0608. The van der Waals surface area contributed by atoms with E-state index in [0.29, 0.717) is 22.6 Å². The first-order chi connectivity index (χ1) is 15.7. The van der Waals surface area contributed by atoms with Crippen molar-refractivity contribution in [2.24, 2.45) is 7.05 Å². The molecule has 2 heterocycles. The summed E-state index contributed by atoms with van der Waals surface area (Å²) in [6.45, 7) is 6.21. The van der Waals surface area contributed by atoms with Crippen molar-refractivity contribution in [3.63, 3.8) is 0 Å². The standard InChI is InChI=1S/C23H26N4O6/c1-6-32-22(30)18-13(2)19(24-14(18)3)23(31)33-12-17(28)25-20-15(4)26(5)27(21(20)29)16-10-8-7-9-11-16/h7-11,24H,6,12H2,1-5H3,(H,25,28). The summed E-state index contributed by atoms with van der Waals surface area (Å²) < 4.78 is 13.2. The van der Waals surface area contributed by atoms with Crippen molar-refractivity contribution >= 4 is 23.5 Å². The molecular formula is C23H26N4O6. The number of rotatable bonds is 7. The second-order valence-corrected chi connectivity index (χ2v) is 7.41. The quantitative estimate of drug-likeness (QED) is 0.528. The second-order valence-electron chi connectivity index (χ2n) is 7.41. The highest BCUT2D eigenvalue weighted by molar-refractivity contribution is 6.00. The molecule has 1 aromatic carbocycles. The number of aromatic amines is 1. The van der Waals surface area contributed by atoms with Gasteiger partial charge in [-0.05, 0) is 45.4 Å². The Morgan fingerprint density at radius 3 is 2.33 bits per heavy atom. The number of aryl methyl sites for hydroxylation is 1. The van der Waals surface area contributed by atoms with Crippen molar-refractivity contribution in [2.75, 3.05) is 18.5 Å². The van der Waals surface area contributed by atoms with Crippen LogP contribution in [0.5, 0.6) is 0 Å². The van der Waals surface area contributed by atoms with E-state index in [-0.39, 0.29) is 23.6 Å². The molecule has 174 valence electrons. The van der Waals surface area contributed by atoms with Gasteiger partial charge >= 0.3 is 11.9 Å². The lowest BCUT2D eigenvalue weighted by Crippen LogP contribution is -2.26. The van der Waals surface area contributed by atoms with Crippen molar-refractivity contribution in [2.45, 2.75) is 27.7 Å². The largest absolute Gasteiger partial charge is 0.462 e. The van der Waals surface area contributed by atoms with Gasteiger partial charge in [0.25, 0.3) is 11.5 Å². The highest BCUT2D eigenvalue weighted by atomic mass is 16.5. The Labute approximate surface area is 190 Å². The number of ether oxygens (including phenoxy) is 2. The Morgan fingerprint density at radius 2 is 1.70 bits per heavy atom. The summed E-state index contributed by atoms with van der Waals surface area (Å²) in [7, 11) is 1.71. The van der Waals surface area contributed by atoms with Crippen LogP contribution in [-0.4, -0.2) is 45.4 Å². The zero-order valence-corrected chi connectivity index (χ0v) is 19.1. The smallest absolute Gasteiger partial charge is 0.355 e. The highest BCUT2D eigenvalue weighted by Gasteiger charge is 2.25. The minimum atomic E-state index is -0.798. The van der Waals surface area contributed by atoms with Gasteiger partial charge in [0, 0.05) is 12.7 Å². The lowest BCUT2D eigenvalue weighted by atomic mass is 10.1. The number of esters is 2. The lowest BCUT2D eigenvalue weighted by molar-refractivity contribution is -0.119. The number of anilines is 1. The molecule has 10 heteroatoms. The number of benzene rings is 1. The third-order valence-corrected chi connectivity index (χ3v) is 5.27. The molecule has 0 saturated carbocycles. The number of amides is 1. The molecule has 10 nitrogen and oxygen atoms in total. The molecule has 0 fully saturated rings. The van der Waals surface area contributed by atoms with E-state index in [1.54, 1.807) is 63.7 Å². The van der Waals surface area contributed by atoms with Crippen LogP contribution in [0.25, 0.3) is 5.69 Å². The fraction of sp³-hybridized carbons (Fsp3) is 0.304. The Bertz CT molecular complexity index is 1270. The molecule has 0 atom stereocenters. The Kier molecular flexibility index (Phi) is 6.86. The van der Waals surface area contributed by atoms with E-state index in [1.165, 1.54) is 4.68 Å². The van der Waals surface area contributed by atoms with Gasteiger partial charge in [0.2, 0.25) is 0 Å². The molecule has 0 bridgehead atoms. The fourth-order valence-electron chi connectivity index (χ4n) is 3.55. The van der Waals surface area contributed by atoms with Crippen LogP contribution in [0, 0.1) is 20.8 Å². The van der Waals surface area contributed by atoms with E-state index in [2.05, 4.69) is 10.3 Å². The van der Waals surface area contributed by atoms with Crippen LogP contribution in [0.4, 0.5) is 5.69 Å². The van der Waals surface area contributed by atoms with E-state index in [4.69, 9.17) is 9.47 Å². The maximum Gasteiger partial charge on any atom is 0.355 e. The summed E-state index contributed by atoms with van der Waals surface area (Å²) in [5.74, 6) is -2.01. The van der Waals surface area contributed by atoms with Gasteiger partial charge in [0.1, 0.15) is 11.4 Å². The first-order valence-corrected chi connectivity index (χ1v) is 10.3. The van der Waals surface area contributed by atoms with Crippen LogP contribution < -0.4 is 10.9 Å². The molecule has 2 aromatic heterocycles. The van der Waals surface area contributed by atoms with Crippen molar-refractivity contribution in [1.29, 1.82) is 0 Å². The highest BCUT2D eigenvalue weighted by Crippen LogP contribution is 2.20. The number of hydrogen-bond donors (Lipinski definition) is 2. The van der Waals surface area contributed by atoms with Crippen LogP contribution in [0.15, 0.2) is 35.1 Å². The Hall–Kier alpha value is -4.08. The average Bonchev–Trinajstić information content (AvgIpc) is 3.20. The minimum Gasteiger partial charge on any atom is -0.462 e. The average molecular weight is 454 g/mol. The number of hydrogen-bond acceptors (Lipinski definition) is 6. The number of nitrogens with zero attached hydrogens (tertiary/aromatic N) is 2. The molecule has 3 aromatic rings. The molecule has 0 unspecified atom stereocenters. The molecule has 0 aliphatic carbocycles. The maximum atomic E-state index is 12.9. The molecule has 33 heavy (non-hydrogen) atoms. The van der Waals surface area contributed by atoms with E-state index < -0.39 is 30.0 Å². The first kappa shape index (κ1) is 23.6. The van der Waals surface area contributed by atoms with Crippen LogP contribution in [-0.2, 0) is 21.3 Å². The van der Waals surface area contributed by atoms with Gasteiger partial charge in [-0.15, -0.1) is 0 Å². The predicted octanol–water partition coefficient (Wildman–Crippen LogP) is 2.40. The summed E-state index contributed by atoms with van der Waals surface area (Å²) in [5, 5.41) is 2.53. The Balaban J connectivity index is 1.72. The third kappa shape index (κ3) is 4.59. The van der Waals surface area contributed by atoms with E-state index in [0.717, 1.165) is 0 Å². The van der Waals surface area contributed by atoms with Crippen molar-refractivity contribution in [3.05, 3.63) is 68.9 Å². The monoisotopic (exact) mass is 454 g/mol. The molecule has 0 radical (unpaired) electrons. The third-order valence-electron chi connectivity index (χ3n) is 5.27. The number of para-hydroxylation sites is 1. The molecule has 0 spiro atoms. The summed E-state index contributed by atoms with van der Waals surface area (Å²) in [6, 6.07) is 9.00. The summed E-state index contributed by atoms with van der Waals surface area (Å²) >= 11 is 0. The second kappa shape index (κ2) is 9.60. The number of aromatic nitrogens is 3. The molecule has 0 saturated heterocycles. The van der Waals surface area contributed by atoms with E-state index >= 15 is 0 Å². The van der Waals surface area contributed by atoms with Gasteiger partial charge < -0.3 is 19.8 Å². The van der Waals surface area contributed by atoms with Crippen molar-refractivity contribution < 1.29 is 23.9 Å². The van der Waals surface area contributed by atoms with Crippen molar-refractivity contribution in [1.82, 2.24) is 14.3 Å². The van der Waals surface area contributed by atoms with Gasteiger partial charge in [0.15, 0.2) is 6.61 Å². The molecule has 0 aliphatic heterocycles. The molecule has 3 rings (SSSR count). The topological polar surface area (TPSA) is 124 Å². The number of nitrogens with one attached hydrogen (secondary N) is 2. The predicted molar refractivity (Wildman–Crippen MR) is 121 cm³/mol. The molecule has 2 N–H and O–H groups in total. The summed E-state index contributed by atoms with van der Waals surface area (Å²) in [4.78, 5) is 52.7. The van der Waals surface area contributed by atoms with Crippen LogP contribution in [0.1, 0.15) is 44.7 Å². The Morgan fingerprint density at radius 1 is 1.03 bits per heavy atom. The van der Waals surface area contributed by atoms with Gasteiger partial charge in [-0.25, -0.2) is 14.3 Å². The lowest BCUT2D eigenvalue weighted by Gasteiger charge is -2.07. The van der Waals surface area contributed by atoms with Gasteiger partial charge in [-0.3, -0.25) is 14.3 Å². The number of carbonyl (C=O) groups is 3. The number of carbonyl (C=O) groups excluding carboxylic acids is 3. The van der Waals surface area contributed by atoms with Gasteiger partial charge in [-0.2, -0.15) is 0 Å². The molecule has 0 aliphatic rings. The van der Waals surface area contributed by atoms with Gasteiger partial charge in [-0.1, -0.05) is 18.2 Å². The zero-order chi connectivity index (χ0) is 24.3. The van der Waals surface area contributed by atoms with Crippen molar-refractivity contribution in [3.8, 4) is 5.69 Å². The van der Waals surface area contributed by atoms with Crippen LogP contribution >= 0.6 is 0 Å². The SMILES string of the molecule is CCOC(=O)c1c(C)[nH]c(C(=O)OCC(=O)Nc2c(C)n(C)n(-c3ccccc3)c2=O)c1C. The van der Waals surface area contributed by atoms with Gasteiger partial charge in [0.05, 0.1) is 23.6 Å². The van der Waals surface area contributed by atoms with Crippen LogP contribution in [0.2, 0.25) is 0 Å². The molecular weight excluding hydrogens is 428 g/mol. The molecule has 1 amide bonds. The fourth-order valence-corrected chi connectivity index (χ4v) is 3.55. The maximum absolute atomic E-state index is 12.9. The first-order valence-electron chi connectivity index (χ1n) is 10.3. The zero-order valence-electron chi connectivity index (χ0n) is 19.1. The summed E-state index contributed by atoms with van der Waals surface area (Å²) in [5.41, 5.74) is 2.04. The van der Waals surface area contributed by atoms with E-state index in [9.17, 15) is 19.2 Å². The van der Waals surface area contributed by atoms with Crippen LogP contribution in [0.3, 0.4) is 0 Å². The summed E-state index contributed by atoms with van der Waals surface area (Å²) in [6.07, 6.45) is 0.